The molecule has 0 atom stereocenters. The molecule has 110 valence electrons. The first-order valence-corrected chi connectivity index (χ1v) is 7.69. The number of rotatable bonds is 3. The number of halogens is 1. The summed E-state index contributed by atoms with van der Waals surface area (Å²) in [6, 6.07) is 13.8. The first-order chi connectivity index (χ1) is 10.2. The molecule has 0 bridgehead atoms. The summed E-state index contributed by atoms with van der Waals surface area (Å²) in [4.78, 5) is 14.1. The molecule has 1 fully saturated rings. The fourth-order valence-corrected chi connectivity index (χ4v) is 3.02. The molecular formula is C17H18ClNO2. The summed E-state index contributed by atoms with van der Waals surface area (Å²) >= 11 is 5.72. The number of hydrogen-bond donors (Lipinski definition) is 0. The van der Waals surface area contributed by atoms with Crippen molar-refractivity contribution in [2.45, 2.75) is 19.3 Å². The van der Waals surface area contributed by atoms with E-state index in [-0.39, 0.29) is 11.1 Å². The number of likely N-dealkylation sites (tertiary alicyclic amines) is 1. The molecule has 21 heavy (non-hydrogen) atoms. The van der Waals surface area contributed by atoms with Crippen molar-refractivity contribution in [3.8, 4) is 0 Å². The molecule has 0 N–H and O–H groups in total. The average molecular weight is 304 g/mol. The van der Waals surface area contributed by atoms with Gasteiger partial charge in [0.05, 0.1) is 0 Å². The Labute approximate surface area is 129 Å². The number of nitrogens with zero attached hydrogens (tertiary/aromatic N) is 1. The van der Waals surface area contributed by atoms with Crippen LogP contribution < -0.4 is 0 Å². The minimum absolute atomic E-state index is 0.0555. The Morgan fingerprint density at radius 1 is 1.14 bits per heavy atom. The smallest absolute Gasteiger partial charge is 0.289 e. The Hall–Kier alpha value is -1.74. The van der Waals surface area contributed by atoms with Crippen molar-refractivity contribution in [3.63, 3.8) is 0 Å². The highest BCUT2D eigenvalue weighted by molar-refractivity contribution is 6.29. The maximum absolute atomic E-state index is 12.3. The second-order valence-corrected chi connectivity index (χ2v) is 5.90. The molecule has 1 aliphatic heterocycles. The van der Waals surface area contributed by atoms with Gasteiger partial charge >= 0.3 is 0 Å². The highest BCUT2D eigenvalue weighted by atomic mass is 35.5. The minimum atomic E-state index is -0.0555. The summed E-state index contributed by atoms with van der Waals surface area (Å²) in [6.07, 6.45) is 3.17. The Kier molecular flexibility index (Phi) is 4.30. The van der Waals surface area contributed by atoms with E-state index in [0.29, 0.717) is 11.7 Å². The fraction of sp³-hybridized carbons (Fsp3) is 0.353. The van der Waals surface area contributed by atoms with Gasteiger partial charge in [0.2, 0.25) is 0 Å². The lowest BCUT2D eigenvalue weighted by molar-refractivity contribution is 0.0658. The summed E-state index contributed by atoms with van der Waals surface area (Å²) in [5, 5.41) is 0.261. The number of carbonyl (C=O) groups is 1. The second-order valence-electron chi connectivity index (χ2n) is 5.53. The van der Waals surface area contributed by atoms with Crippen molar-refractivity contribution < 1.29 is 9.21 Å². The molecule has 0 unspecified atom stereocenters. The van der Waals surface area contributed by atoms with Gasteiger partial charge in [-0.15, -0.1) is 0 Å². The normalized spacial score (nSPS) is 16.1. The summed E-state index contributed by atoms with van der Waals surface area (Å²) in [5.41, 5.74) is 1.38. The van der Waals surface area contributed by atoms with E-state index in [1.54, 1.807) is 12.1 Å². The first kappa shape index (κ1) is 14.2. The topological polar surface area (TPSA) is 33.5 Å². The summed E-state index contributed by atoms with van der Waals surface area (Å²) in [5.74, 6) is 0.929. The number of furan rings is 1. The van der Waals surface area contributed by atoms with Gasteiger partial charge in [0.25, 0.3) is 5.91 Å². The monoisotopic (exact) mass is 303 g/mol. The minimum Gasteiger partial charge on any atom is -0.440 e. The van der Waals surface area contributed by atoms with Crippen molar-refractivity contribution in [2.75, 3.05) is 13.1 Å². The van der Waals surface area contributed by atoms with Gasteiger partial charge in [-0.25, -0.2) is 0 Å². The predicted molar refractivity (Wildman–Crippen MR) is 82.5 cm³/mol. The lowest BCUT2D eigenvalue weighted by Crippen LogP contribution is -2.38. The van der Waals surface area contributed by atoms with E-state index < -0.39 is 0 Å². The standard InChI is InChI=1S/C17H18ClNO2/c18-16-7-6-15(21-16)17(20)19-10-8-14(9-11-19)12-13-4-2-1-3-5-13/h1-7,14H,8-12H2. The maximum Gasteiger partial charge on any atom is 0.289 e. The zero-order valence-corrected chi connectivity index (χ0v) is 12.6. The Bertz CT molecular complexity index is 600. The van der Waals surface area contributed by atoms with Crippen LogP contribution in [0.5, 0.6) is 0 Å². The third kappa shape index (κ3) is 3.48. The quantitative estimate of drug-likeness (QED) is 0.858. The van der Waals surface area contributed by atoms with E-state index in [1.165, 1.54) is 5.56 Å². The second kappa shape index (κ2) is 6.35. The van der Waals surface area contributed by atoms with Gasteiger partial charge in [0, 0.05) is 13.1 Å². The van der Waals surface area contributed by atoms with Gasteiger partial charge < -0.3 is 9.32 Å². The molecule has 1 amide bonds. The predicted octanol–water partition coefficient (Wildman–Crippen LogP) is 4.03. The van der Waals surface area contributed by atoms with Crippen LogP contribution in [-0.2, 0) is 6.42 Å². The lowest BCUT2D eigenvalue weighted by atomic mass is 9.90. The van der Waals surface area contributed by atoms with Crippen LogP contribution in [0.1, 0.15) is 29.0 Å². The van der Waals surface area contributed by atoms with Crippen LogP contribution in [0.3, 0.4) is 0 Å². The lowest BCUT2D eigenvalue weighted by Gasteiger charge is -2.31. The number of amides is 1. The fourth-order valence-electron chi connectivity index (χ4n) is 2.87. The molecule has 1 aromatic heterocycles. The van der Waals surface area contributed by atoms with Gasteiger partial charge in [-0.1, -0.05) is 30.3 Å². The van der Waals surface area contributed by atoms with E-state index >= 15 is 0 Å². The largest absolute Gasteiger partial charge is 0.440 e. The number of hydrogen-bond acceptors (Lipinski definition) is 2. The zero-order valence-electron chi connectivity index (χ0n) is 11.8. The van der Waals surface area contributed by atoms with Crippen LogP contribution in [-0.4, -0.2) is 23.9 Å². The van der Waals surface area contributed by atoms with Crippen molar-refractivity contribution in [2.24, 2.45) is 5.92 Å². The van der Waals surface area contributed by atoms with Gasteiger partial charge in [-0.2, -0.15) is 0 Å². The summed E-state index contributed by atoms with van der Waals surface area (Å²) < 4.78 is 5.20. The van der Waals surface area contributed by atoms with E-state index in [9.17, 15) is 4.79 Å². The van der Waals surface area contributed by atoms with Crippen LogP contribution in [0.25, 0.3) is 0 Å². The molecule has 0 spiro atoms. The molecule has 3 nitrogen and oxygen atoms in total. The highest BCUT2D eigenvalue weighted by Gasteiger charge is 2.25. The molecule has 4 heteroatoms. The van der Waals surface area contributed by atoms with E-state index in [2.05, 4.69) is 24.3 Å². The molecule has 1 saturated heterocycles. The number of piperidine rings is 1. The van der Waals surface area contributed by atoms with Crippen molar-refractivity contribution >= 4 is 17.5 Å². The molecular weight excluding hydrogens is 286 g/mol. The SMILES string of the molecule is O=C(c1ccc(Cl)o1)N1CCC(Cc2ccccc2)CC1. The van der Waals surface area contributed by atoms with Gasteiger partial charge in [0.1, 0.15) is 0 Å². The third-order valence-electron chi connectivity index (χ3n) is 4.05. The van der Waals surface area contributed by atoms with Crippen LogP contribution in [0.15, 0.2) is 46.9 Å². The molecule has 2 heterocycles. The average Bonchev–Trinajstić information content (AvgIpc) is 2.95. The summed E-state index contributed by atoms with van der Waals surface area (Å²) in [6.45, 7) is 1.57. The molecule has 3 rings (SSSR count). The third-order valence-corrected chi connectivity index (χ3v) is 4.26. The van der Waals surface area contributed by atoms with Crippen molar-refractivity contribution in [3.05, 3.63) is 59.0 Å². The van der Waals surface area contributed by atoms with Crippen LogP contribution in [0.4, 0.5) is 0 Å². The molecule has 0 aliphatic carbocycles. The molecule has 0 saturated carbocycles. The molecule has 1 aliphatic rings. The van der Waals surface area contributed by atoms with Gasteiger partial charge in [-0.05, 0) is 54.5 Å². The Morgan fingerprint density at radius 3 is 2.48 bits per heavy atom. The van der Waals surface area contributed by atoms with Crippen molar-refractivity contribution in [1.29, 1.82) is 0 Å². The van der Waals surface area contributed by atoms with Crippen LogP contribution in [0, 0.1) is 5.92 Å². The molecule has 1 aromatic carbocycles. The maximum atomic E-state index is 12.3. The Morgan fingerprint density at radius 2 is 1.86 bits per heavy atom. The first-order valence-electron chi connectivity index (χ1n) is 7.31. The van der Waals surface area contributed by atoms with Gasteiger partial charge in [0.15, 0.2) is 11.0 Å². The van der Waals surface area contributed by atoms with E-state index in [1.807, 2.05) is 11.0 Å². The highest BCUT2D eigenvalue weighted by Crippen LogP contribution is 2.23. The number of carbonyl (C=O) groups excluding carboxylic acids is 1. The Balaban J connectivity index is 1.54. The van der Waals surface area contributed by atoms with Crippen LogP contribution in [0.2, 0.25) is 5.22 Å². The van der Waals surface area contributed by atoms with Gasteiger partial charge in [-0.3, -0.25) is 4.79 Å². The van der Waals surface area contributed by atoms with E-state index in [0.717, 1.165) is 32.4 Å². The molecule has 0 radical (unpaired) electrons. The summed E-state index contributed by atoms with van der Waals surface area (Å²) in [7, 11) is 0. The van der Waals surface area contributed by atoms with Crippen molar-refractivity contribution in [1.82, 2.24) is 4.90 Å². The zero-order chi connectivity index (χ0) is 14.7. The van der Waals surface area contributed by atoms with Crippen LogP contribution >= 0.6 is 11.6 Å². The van der Waals surface area contributed by atoms with E-state index in [4.69, 9.17) is 16.0 Å². The number of benzene rings is 1. The molecule has 2 aromatic rings.